The molecule has 4 nitrogen and oxygen atoms in total. The Morgan fingerprint density at radius 2 is 2.21 bits per heavy atom. The minimum atomic E-state index is 0.600. The predicted molar refractivity (Wildman–Crippen MR) is 73.1 cm³/mol. The summed E-state index contributed by atoms with van der Waals surface area (Å²) in [7, 11) is 2.13. The maximum Gasteiger partial charge on any atom is 0.120 e. The second-order valence-electron chi connectivity index (χ2n) is 4.81. The second-order valence-corrected chi connectivity index (χ2v) is 4.81. The average Bonchev–Trinajstić information content (AvgIpc) is 2.48. The summed E-state index contributed by atoms with van der Waals surface area (Å²) in [4.78, 5) is 2.33. The van der Waals surface area contributed by atoms with E-state index in [0.717, 1.165) is 38.3 Å². The van der Waals surface area contributed by atoms with Crippen molar-refractivity contribution in [3.63, 3.8) is 0 Å². The quantitative estimate of drug-likeness (QED) is 0.813. The zero-order chi connectivity index (χ0) is 13.5. The highest BCUT2D eigenvalue weighted by Crippen LogP contribution is 2.14. The maximum atomic E-state index is 8.82. The summed E-state index contributed by atoms with van der Waals surface area (Å²) in [5, 5.41) is 8.82. The van der Waals surface area contributed by atoms with Crippen LogP contribution in [-0.4, -0.2) is 44.4 Å². The molecule has 0 aliphatic carbocycles. The summed E-state index contributed by atoms with van der Waals surface area (Å²) in [5.74, 6) is 0.763. The molecule has 1 aromatic carbocycles. The Hall–Kier alpha value is -1.57. The largest absolute Gasteiger partial charge is 0.492 e. The summed E-state index contributed by atoms with van der Waals surface area (Å²) in [6, 6.07) is 9.99. The van der Waals surface area contributed by atoms with Gasteiger partial charge in [-0.05, 0) is 38.1 Å². The van der Waals surface area contributed by atoms with Crippen LogP contribution in [0.4, 0.5) is 0 Å². The zero-order valence-corrected chi connectivity index (χ0v) is 11.3. The van der Waals surface area contributed by atoms with Crippen LogP contribution in [0.1, 0.15) is 18.4 Å². The SMILES string of the molecule is CN(CCOc1cccc(C#N)c1)C1CCOCC1. The topological polar surface area (TPSA) is 45.5 Å². The van der Waals surface area contributed by atoms with Gasteiger partial charge in [0, 0.05) is 25.8 Å². The lowest BCUT2D eigenvalue weighted by atomic mass is 10.1. The first kappa shape index (κ1) is 13.9. The third-order valence-corrected chi connectivity index (χ3v) is 3.49. The molecule has 0 saturated carbocycles. The summed E-state index contributed by atoms with van der Waals surface area (Å²) >= 11 is 0. The van der Waals surface area contributed by atoms with Gasteiger partial charge >= 0.3 is 0 Å². The van der Waals surface area contributed by atoms with Crippen molar-refractivity contribution >= 4 is 0 Å². The second kappa shape index (κ2) is 7.13. The minimum Gasteiger partial charge on any atom is -0.492 e. The Morgan fingerprint density at radius 3 is 2.95 bits per heavy atom. The molecule has 0 N–H and O–H groups in total. The smallest absolute Gasteiger partial charge is 0.120 e. The number of ether oxygens (including phenoxy) is 2. The van der Waals surface area contributed by atoms with Crippen molar-refractivity contribution in [3.8, 4) is 11.8 Å². The summed E-state index contributed by atoms with van der Waals surface area (Å²) in [5.41, 5.74) is 0.635. The van der Waals surface area contributed by atoms with Crippen LogP contribution in [0.15, 0.2) is 24.3 Å². The molecule has 1 aliphatic heterocycles. The van der Waals surface area contributed by atoms with Crippen LogP contribution < -0.4 is 4.74 Å². The number of hydrogen-bond acceptors (Lipinski definition) is 4. The monoisotopic (exact) mass is 260 g/mol. The molecule has 1 saturated heterocycles. The molecule has 0 aromatic heterocycles. The molecule has 2 rings (SSSR count). The van der Waals surface area contributed by atoms with Gasteiger partial charge < -0.3 is 9.47 Å². The fourth-order valence-electron chi connectivity index (χ4n) is 2.27. The lowest BCUT2D eigenvalue weighted by Gasteiger charge is -2.30. The molecule has 1 aliphatic rings. The maximum absolute atomic E-state index is 8.82. The normalized spacial score (nSPS) is 16.3. The summed E-state index contributed by atoms with van der Waals surface area (Å²) < 4.78 is 11.0. The highest BCUT2D eigenvalue weighted by Gasteiger charge is 2.17. The highest BCUT2D eigenvalue weighted by atomic mass is 16.5. The van der Waals surface area contributed by atoms with E-state index < -0.39 is 0 Å². The fourth-order valence-corrected chi connectivity index (χ4v) is 2.27. The molecule has 1 fully saturated rings. The summed E-state index contributed by atoms with van der Waals surface area (Å²) in [6.07, 6.45) is 2.20. The lowest BCUT2D eigenvalue weighted by Crippen LogP contribution is -2.38. The van der Waals surface area contributed by atoms with Gasteiger partial charge in [0.1, 0.15) is 12.4 Å². The van der Waals surface area contributed by atoms with Crippen molar-refractivity contribution in [1.82, 2.24) is 4.90 Å². The molecule has 0 spiro atoms. The summed E-state index contributed by atoms with van der Waals surface area (Å²) in [6.45, 7) is 3.25. The van der Waals surface area contributed by atoms with Crippen molar-refractivity contribution in [2.75, 3.05) is 33.4 Å². The van der Waals surface area contributed by atoms with Gasteiger partial charge in [0.2, 0.25) is 0 Å². The number of hydrogen-bond donors (Lipinski definition) is 0. The van der Waals surface area contributed by atoms with E-state index in [4.69, 9.17) is 14.7 Å². The van der Waals surface area contributed by atoms with Crippen LogP contribution in [0.3, 0.4) is 0 Å². The molecule has 0 bridgehead atoms. The van der Waals surface area contributed by atoms with Gasteiger partial charge in [0.15, 0.2) is 0 Å². The van der Waals surface area contributed by atoms with Gasteiger partial charge in [-0.15, -0.1) is 0 Å². The van der Waals surface area contributed by atoms with Crippen LogP contribution in [0.25, 0.3) is 0 Å². The molecule has 1 aromatic rings. The van der Waals surface area contributed by atoms with E-state index in [1.54, 1.807) is 12.1 Å². The standard InChI is InChI=1S/C15H20N2O2/c1-17(14-5-8-18-9-6-14)7-10-19-15-4-2-3-13(11-15)12-16/h2-4,11,14H,5-10H2,1H3. The predicted octanol–water partition coefficient (Wildman–Crippen LogP) is 2.05. The first-order valence-electron chi connectivity index (χ1n) is 6.70. The first-order chi connectivity index (χ1) is 9.29. The van der Waals surface area contributed by atoms with Gasteiger partial charge in [-0.1, -0.05) is 6.07 Å². The fraction of sp³-hybridized carbons (Fsp3) is 0.533. The third-order valence-electron chi connectivity index (χ3n) is 3.49. The molecule has 19 heavy (non-hydrogen) atoms. The van der Waals surface area contributed by atoms with Crippen LogP contribution in [0, 0.1) is 11.3 Å². The van der Waals surface area contributed by atoms with E-state index in [0.29, 0.717) is 18.2 Å². The van der Waals surface area contributed by atoms with Gasteiger partial charge in [-0.2, -0.15) is 5.26 Å². The molecular formula is C15H20N2O2. The number of benzene rings is 1. The minimum absolute atomic E-state index is 0.600. The van der Waals surface area contributed by atoms with E-state index in [1.165, 1.54) is 0 Å². The van der Waals surface area contributed by atoms with E-state index in [1.807, 2.05) is 12.1 Å². The van der Waals surface area contributed by atoms with Crippen molar-refractivity contribution in [2.24, 2.45) is 0 Å². The molecule has 0 radical (unpaired) electrons. The zero-order valence-electron chi connectivity index (χ0n) is 11.3. The van der Waals surface area contributed by atoms with Crippen LogP contribution in [0.2, 0.25) is 0 Å². The Bertz CT molecular complexity index is 436. The Labute approximate surface area is 114 Å². The van der Waals surface area contributed by atoms with Crippen LogP contribution >= 0.6 is 0 Å². The lowest BCUT2D eigenvalue weighted by molar-refractivity contribution is 0.0392. The number of nitriles is 1. The van der Waals surface area contributed by atoms with Crippen molar-refractivity contribution in [1.29, 1.82) is 5.26 Å². The molecular weight excluding hydrogens is 240 g/mol. The average molecular weight is 260 g/mol. The van der Waals surface area contributed by atoms with Gasteiger partial charge in [0.05, 0.1) is 11.6 Å². The molecule has 102 valence electrons. The van der Waals surface area contributed by atoms with Crippen LogP contribution in [-0.2, 0) is 4.74 Å². The number of rotatable bonds is 5. The van der Waals surface area contributed by atoms with Crippen molar-refractivity contribution in [2.45, 2.75) is 18.9 Å². The van der Waals surface area contributed by atoms with Gasteiger partial charge in [-0.3, -0.25) is 4.90 Å². The van der Waals surface area contributed by atoms with E-state index in [2.05, 4.69) is 18.0 Å². The van der Waals surface area contributed by atoms with E-state index in [9.17, 15) is 0 Å². The van der Waals surface area contributed by atoms with Gasteiger partial charge in [0.25, 0.3) is 0 Å². The Balaban J connectivity index is 1.74. The number of nitrogens with zero attached hydrogens (tertiary/aromatic N) is 2. The molecule has 4 heteroatoms. The van der Waals surface area contributed by atoms with Gasteiger partial charge in [-0.25, -0.2) is 0 Å². The number of likely N-dealkylation sites (N-methyl/N-ethyl adjacent to an activating group) is 1. The Morgan fingerprint density at radius 1 is 1.42 bits per heavy atom. The van der Waals surface area contributed by atoms with Crippen molar-refractivity contribution in [3.05, 3.63) is 29.8 Å². The van der Waals surface area contributed by atoms with Crippen LogP contribution in [0.5, 0.6) is 5.75 Å². The highest BCUT2D eigenvalue weighted by molar-refractivity contribution is 5.36. The van der Waals surface area contributed by atoms with Crippen molar-refractivity contribution < 1.29 is 9.47 Å². The molecule has 0 atom stereocenters. The third kappa shape index (κ3) is 4.23. The molecule has 1 heterocycles. The molecule has 0 amide bonds. The molecule has 0 unspecified atom stereocenters. The Kier molecular flexibility index (Phi) is 5.20. The van der Waals surface area contributed by atoms with E-state index >= 15 is 0 Å². The first-order valence-corrected chi connectivity index (χ1v) is 6.70. The van der Waals surface area contributed by atoms with E-state index in [-0.39, 0.29) is 0 Å².